The fraction of sp³-hybridized carbons (Fsp3) is 0.240. The molecule has 1 N–H and O–H groups in total. The van der Waals surface area contributed by atoms with Crippen molar-refractivity contribution in [1.82, 2.24) is 24.5 Å². The van der Waals surface area contributed by atoms with Crippen molar-refractivity contribution in [3.63, 3.8) is 0 Å². The average molecular weight is 472 g/mol. The minimum absolute atomic E-state index is 0.146. The van der Waals surface area contributed by atoms with Crippen LogP contribution in [0.5, 0.6) is 0 Å². The average Bonchev–Trinajstić information content (AvgIpc) is 3.29. The molecule has 0 saturated carbocycles. The van der Waals surface area contributed by atoms with E-state index < -0.39 is 0 Å². The number of aryl methyl sites for hydroxylation is 2. The van der Waals surface area contributed by atoms with Crippen LogP contribution in [0.1, 0.15) is 33.8 Å². The van der Waals surface area contributed by atoms with E-state index in [1.807, 2.05) is 80.8 Å². The zero-order valence-electron chi connectivity index (χ0n) is 19.5. The molecular formula is C25H25N7OS. The summed E-state index contributed by atoms with van der Waals surface area (Å²) in [7, 11) is 0. The number of carbonyl (C=O) groups is 1. The molecule has 4 rings (SSSR count). The maximum atomic E-state index is 12.8. The van der Waals surface area contributed by atoms with Crippen LogP contribution >= 0.6 is 11.8 Å². The van der Waals surface area contributed by atoms with E-state index in [1.54, 1.807) is 4.68 Å². The topological polar surface area (TPSA) is 101 Å². The van der Waals surface area contributed by atoms with E-state index in [2.05, 4.69) is 26.7 Å². The summed E-state index contributed by atoms with van der Waals surface area (Å²) in [4.78, 5) is 12.8. The SMILES string of the molecule is Cc1cc(C)n(-c2ccc(SCC(=O)Nc3c(C#N)c(C)c(C)n3Cc3ccccc3)nn2)n1. The van der Waals surface area contributed by atoms with E-state index in [1.165, 1.54) is 11.8 Å². The Morgan fingerprint density at radius 2 is 1.85 bits per heavy atom. The number of nitriles is 1. The number of thioether (sulfide) groups is 1. The fourth-order valence-corrected chi connectivity index (χ4v) is 4.38. The number of nitrogens with one attached hydrogen (secondary N) is 1. The van der Waals surface area contributed by atoms with Crippen molar-refractivity contribution >= 4 is 23.5 Å². The molecule has 0 saturated heterocycles. The molecular weight excluding hydrogens is 446 g/mol. The van der Waals surface area contributed by atoms with Gasteiger partial charge < -0.3 is 9.88 Å². The molecule has 1 amide bonds. The first-order valence-electron chi connectivity index (χ1n) is 10.8. The van der Waals surface area contributed by atoms with Gasteiger partial charge in [-0.3, -0.25) is 4.79 Å². The standard InChI is InChI=1S/C25H25N7OS/c1-16-12-17(2)32(30-16)22-10-11-24(29-28-22)34-15-23(33)27-25-21(13-26)18(3)19(4)31(25)14-20-8-6-5-7-9-20/h5-12H,14-15H2,1-4H3,(H,27,33). The molecule has 9 heteroatoms. The minimum Gasteiger partial charge on any atom is -0.326 e. The Morgan fingerprint density at radius 1 is 1.09 bits per heavy atom. The predicted molar refractivity (Wildman–Crippen MR) is 132 cm³/mol. The van der Waals surface area contributed by atoms with Gasteiger partial charge in [0.05, 0.1) is 17.0 Å². The number of benzene rings is 1. The van der Waals surface area contributed by atoms with E-state index in [0.717, 1.165) is 28.2 Å². The van der Waals surface area contributed by atoms with E-state index in [4.69, 9.17) is 0 Å². The summed E-state index contributed by atoms with van der Waals surface area (Å²) in [5, 5.41) is 26.2. The largest absolute Gasteiger partial charge is 0.326 e. The second-order valence-corrected chi connectivity index (χ2v) is 9.02. The zero-order chi connectivity index (χ0) is 24.2. The first-order chi connectivity index (χ1) is 16.4. The van der Waals surface area contributed by atoms with Gasteiger partial charge >= 0.3 is 0 Å². The smallest absolute Gasteiger partial charge is 0.235 e. The lowest BCUT2D eigenvalue weighted by Gasteiger charge is -2.13. The molecule has 0 aliphatic rings. The van der Waals surface area contributed by atoms with Gasteiger partial charge in [-0.15, -0.1) is 10.2 Å². The minimum atomic E-state index is -0.210. The molecule has 0 radical (unpaired) electrons. The summed E-state index contributed by atoms with van der Waals surface area (Å²) in [5.74, 6) is 1.09. The molecule has 0 fully saturated rings. The maximum Gasteiger partial charge on any atom is 0.235 e. The van der Waals surface area contributed by atoms with Crippen LogP contribution < -0.4 is 5.32 Å². The van der Waals surface area contributed by atoms with Gasteiger partial charge in [-0.25, -0.2) is 4.68 Å². The Labute approximate surface area is 202 Å². The number of rotatable bonds is 7. The van der Waals surface area contributed by atoms with Crippen molar-refractivity contribution < 1.29 is 4.79 Å². The lowest BCUT2D eigenvalue weighted by atomic mass is 10.2. The van der Waals surface area contributed by atoms with Gasteiger partial charge in [-0.2, -0.15) is 10.4 Å². The number of hydrogen-bond donors (Lipinski definition) is 1. The van der Waals surface area contributed by atoms with Crippen molar-refractivity contribution in [2.75, 3.05) is 11.1 Å². The molecule has 3 aromatic heterocycles. The van der Waals surface area contributed by atoms with Crippen LogP contribution in [0.3, 0.4) is 0 Å². The summed E-state index contributed by atoms with van der Waals surface area (Å²) >= 11 is 1.29. The highest BCUT2D eigenvalue weighted by Crippen LogP contribution is 2.28. The van der Waals surface area contributed by atoms with Crippen LogP contribution in [-0.4, -0.2) is 36.2 Å². The van der Waals surface area contributed by atoms with Crippen molar-refractivity contribution in [3.8, 4) is 11.9 Å². The monoisotopic (exact) mass is 471 g/mol. The molecule has 0 atom stereocenters. The third-order valence-electron chi connectivity index (χ3n) is 5.59. The number of anilines is 1. The normalized spacial score (nSPS) is 10.8. The lowest BCUT2D eigenvalue weighted by Crippen LogP contribution is -2.18. The Bertz CT molecular complexity index is 1370. The summed E-state index contributed by atoms with van der Waals surface area (Å²) in [5.41, 5.74) is 5.28. The highest BCUT2D eigenvalue weighted by molar-refractivity contribution is 7.99. The number of carbonyl (C=O) groups excluding carboxylic acids is 1. The second-order valence-electron chi connectivity index (χ2n) is 8.02. The van der Waals surface area contributed by atoms with Gasteiger partial charge in [-0.1, -0.05) is 42.1 Å². The highest BCUT2D eigenvalue weighted by atomic mass is 32.2. The Kier molecular flexibility index (Phi) is 6.80. The van der Waals surface area contributed by atoms with E-state index in [-0.39, 0.29) is 11.7 Å². The van der Waals surface area contributed by atoms with Crippen LogP contribution in [0.4, 0.5) is 5.82 Å². The van der Waals surface area contributed by atoms with Gasteiger partial charge in [0, 0.05) is 17.9 Å². The van der Waals surface area contributed by atoms with E-state index >= 15 is 0 Å². The third-order valence-corrected chi connectivity index (χ3v) is 6.51. The molecule has 0 bridgehead atoms. The van der Waals surface area contributed by atoms with Gasteiger partial charge in [-0.05, 0) is 57.0 Å². The first kappa shape index (κ1) is 23.3. The molecule has 4 aromatic rings. The molecule has 34 heavy (non-hydrogen) atoms. The quantitative estimate of drug-likeness (QED) is 0.402. The van der Waals surface area contributed by atoms with Crippen LogP contribution in [0.25, 0.3) is 5.82 Å². The molecule has 0 spiro atoms. The lowest BCUT2D eigenvalue weighted by molar-refractivity contribution is -0.113. The second kappa shape index (κ2) is 9.93. The van der Waals surface area contributed by atoms with Gasteiger partial charge in [0.15, 0.2) is 5.82 Å². The van der Waals surface area contributed by atoms with Crippen LogP contribution in [-0.2, 0) is 11.3 Å². The molecule has 3 heterocycles. The Morgan fingerprint density at radius 3 is 2.47 bits per heavy atom. The molecule has 172 valence electrons. The summed E-state index contributed by atoms with van der Waals surface area (Å²) in [6.07, 6.45) is 0. The van der Waals surface area contributed by atoms with Crippen LogP contribution in [0.15, 0.2) is 53.6 Å². The molecule has 1 aromatic carbocycles. The highest BCUT2D eigenvalue weighted by Gasteiger charge is 2.20. The van der Waals surface area contributed by atoms with Crippen molar-refractivity contribution in [2.45, 2.75) is 39.3 Å². The van der Waals surface area contributed by atoms with Crippen LogP contribution in [0, 0.1) is 39.0 Å². The first-order valence-corrected chi connectivity index (χ1v) is 11.8. The van der Waals surface area contributed by atoms with Crippen molar-refractivity contribution in [2.24, 2.45) is 0 Å². The summed E-state index contributed by atoms with van der Waals surface area (Å²) in [6.45, 7) is 8.32. The van der Waals surface area contributed by atoms with Crippen LogP contribution in [0.2, 0.25) is 0 Å². The predicted octanol–water partition coefficient (Wildman–Crippen LogP) is 4.35. The number of nitrogens with zero attached hydrogens (tertiary/aromatic N) is 6. The number of aromatic nitrogens is 5. The van der Waals surface area contributed by atoms with Crippen molar-refractivity contribution in [3.05, 3.63) is 82.3 Å². The molecule has 8 nitrogen and oxygen atoms in total. The van der Waals surface area contributed by atoms with E-state index in [9.17, 15) is 10.1 Å². The number of hydrogen-bond acceptors (Lipinski definition) is 6. The summed E-state index contributed by atoms with van der Waals surface area (Å²) < 4.78 is 3.72. The van der Waals surface area contributed by atoms with Gasteiger partial charge in [0.2, 0.25) is 5.91 Å². The van der Waals surface area contributed by atoms with Gasteiger partial charge in [0.25, 0.3) is 0 Å². The number of amides is 1. The molecule has 0 unspecified atom stereocenters. The Hall–Kier alpha value is -3.90. The summed E-state index contributed by atoms with van der Waals surface area (Å²) in [6, 6.07) is 17.8. The van der Waals surface area contributed by atoms with Crippen molar-refractivity contribution in [1.29, 1.82) is 5.26 Å². The van der Waals surface area contributed by atoms with Gasteiger partial charge in [0.1, 0.15) is 16.9 Å². The molecule has 0 aliphatic carbocycles. The third kappa shape index (κ3) is 4.87. The van der Waals surface area contributed by atoms with E-state index in [0.29, 0.717) is 28.8 Å². The fourth-order valence-electron chi connectivity index (χ4n) is 3.77. The Balaban J connectivity index is 1.46. The zero-order valence-corrected chi connectivity index (χ0v) is 20.3. The molecule has 0 aliphatic heterocycles. The maximum absolute atomic E-state index is 12.8.